The van der Waals surface area contributed by atoms with E-state index in [0.717, 1.165) is 5.69 Å². The standard InChI is InChI=1S/C9H10N3O.BF4/c1-13-11-8-7-10-12(11)9-5-3-2-4-6-9;2-1(3,4)5/h2-8H,1H3;/q+1;-1. The third kappa shape index (κ3) is 4.85. The van der Waals surface area contributed by atoms with Gasteiger partial charge in [-0.25, -0.2) is 0 Å². The molecule has 0 bridgehead atoms. The highest BCUT2D eigenvalue weighted by Crippen LogP contribution is 2.06. The molecule has 0 N–H and O–H groups in total. The maximum atomic E-state index is 9.75. The van der Waals surface area contributed by atoms with Crippen LogP contribution in [0.15, 0.2) is 42.7 Å². The summed E-state index contributed by atoms with van der Waals surface area (Å²) in [6, 6.07) is 9.79. The van der Waals surface area contributed by atoms with Crippen molar-refractivity contribution in [3.8, 4) is 5.69 Å². The predicted molar refractivity (Wildman–Crippen MR) is 56.4 cm³/mol. The molecule has 0 aliphatic heterocycles. The summed E-state index contributed by atoms with van der Waals surface area (Å²) in [5.41, 5.74) is 0.967. The van der Waals surface area contributed by atoms with Gasteiger partial charge in [-0.3, -0.25) is 0 Å². The van der Waals surface area contributed by atoms with Crippen molar-refractivity contribution in [2.75, 3.05) is 7.11 Å². The summed E-state index contributed by atoms with van der Waals surface area (Å²) in [6.45, 7) is 0. The van der Waals surface area contributed by atoms with Crippen LogP contribution in [0.4, 0.5) is 17.3 Å². The van der Waals surface area contributed by atoms with Crippen LogP contribution in [0.3, 0.4) is 0 Å². The van der Waals surface area contributed by atoms with Gasteiger partial charge in [0.05, 0.1) is 0 Å². The molecule has 0 saturated carbocycles. The van der Waals surface area contributed by atoms with E-state index in [9.17, 15) is 17.3 Å². The Morgan fingerprint density at radius 2 is 1.72 bits per heavy atom. The molecule has 4 nitrogen and oxygen atoms in total. The smallest absolute Gasteiger partial charge is 0.418 e. The number of benzene rings is 1. The van der Waals surface area contributed by atoms with E-state index < -0.39 is 7.25 Å². The van der Waals surface area contributed by atoms with Crippen molar-refractivity contribution in [1.82, 2.24) is 9.90 Å². The quantitative estimate of drug-likeness (QED) is 0.467. The third-order valence-corrected chi connectivity index (χ3v) is 1.73. The summed E-state index contributed by atoms with van der Waals surface area (Å²) in [4.78, 5) is 8.27. The van der Waals surface area contributed by atoms with E-state index in [1.54, 1.807) is 29.1 Å². The van der Waals surface area contributed by atoms with Crippen LogP contribution in [0.2, 0.25) is 0 Å². The van der Waals surface area contributed by atoms with Gasteiger partial charge in [0, 0.05) is 14.7 Å². The van der Waals surface area contributed by atoms with Crippen molar-refractivity contribution in [2.45, 2.75) is 0 Å². The van der Waals surface area contributed by atoms with Crippen molar-refractivity contribution in [3.05, 3.63) is 42.7 Å². The molecule has 0 fully saturated rings. The summed E-state index contributed by atoms with van der Waals surface area (Å²) >= 11 is 0. The molecule has 0 amide bonds. The SMILES string of the molecule is CO[n+]1ccnn1-c1ccccc1.F[B-](F)(F)F. The van der Waals surface area contributed by atoms with Gasteiger partial charge in [-0.1, -0.05) is 18.2 Å². The molecule has 98 valence electrons. The number of rotatable bonds is 2. The van der Waals surface area contributed by atoms with Crippen molar-refractivity contribution in [3.63, 3.8) is 0 Å². The van der Waals surface area contributed by atoms with Crippen molar-refractivity contribution in [1.29, 1.82) is 0 Å². The Kier molecular flexibility index (Phi) is 4.70. The summed E-state index contributed by atoms with van der Waals surface area (Å²) in [7, 11) is -4.40. The van der Waals surface area contributed by atoms with Gasteiger partial charge in [0.2, 0.25) is 12.4 Å². The minimum atomic E-state index is -6.00. The molecule has 18 heavy (non-hydrogen) atoms. The maximum absolute atomic E-state index is 9.75. The molecule has 0 atom stereocenters. The molecule has 1 heterocycles. The van der Waals surface area contributed by atoms with Gasteiger partial charge in [-0.05, 0) is 12.1 Å². The zero-order chi connectivity index (χ0) is 13.6. The van der Waals surface area contributed by atoms with Gasteiger partial charge >= 0.3 is 7.25 Å². The zero-order valence-corrected chi connectivity index (χ0v) is 9.38. The van der Waals surface area contributed by atoms with Crippen LogP contribution in [0.25, 0.3) is 5.69 Å². The average molecular weight is 263 g/mol. The number of nitrogens with zero attached hydrogens (tertiary/aromatic N) is 3. The lowest BCUT2D eigenvalue weighted by Crippen LogP contribution is -2.47. The van der Waals surface area contributed by atoms with Crippen molar-refractivity contribution < 1.29 is 26.9 Å². The van der Waals surface area contributed by atoms with E-state index in [2.05, 4.69) is 5.10 Å². The second kappa shape index (κ2) is 6.03. The molecule has 9 heteroatoms. The van der Waals surface area contributed by atoms with Gasteiger partial charge in [0.25, 0.3) is 0 Å². The number of aromatic nitrogens is 3. The number of para-hydroxylation sites is 1. The average Bonchev–Trinajstić information content (AvgIpc) is 2.76. The van der Waals surface area contributed by atoms with Gasteiger partial charge in [-0.15, -0.1) is 0 Å². The Hall–Kier alpha value is -2.06. The Morgan fingerprint density at radius 1 is 1.17 bits per heavy atom. The minimum Gasteiger partial charge on any atom is -0.418 e. The first kappa shape index (κ1) is 14.0. The molecular weight excluding hydrogens is 253 g/mol. The van der Waals surface area contributed by atoms with Crippen LogP contribution >= 0.6 is 0 Å². The fourth-order valence-corrected chi connectivity index (χ4v) is 1.14. The van der Waals surface area contributed by atoms with E-state index in [0.29, 0.717) is 0 Å². The van der Waals surface area contributed by atoms with Crippen LogP contribution in [0, 0.1) is 0 Å². The molecule has 0 aliphatic carbocycles. The normalized spacial score (nSPS) is 10.5. The van der Waals surface area contributed by atoms with Crippen LogP contribution < -0.4 is 9.68 Å². The fourth-order valence-electron chi connectivity index (χ4n) is 1.14. The van der Waals surface area contributed by atoms with Gasteiger partial charge in [-0.2, -0.15) is 0 Å². The molecule has 2 rings (SSSR count). The van der Waals surface area contributed by atoms with Crippen LogP contribution in [-0.4, -0.2) is 24.3 Å². The van der Waals surface area contributed by atoms with Gasteiger partial charge < -0.3 is 22.1 Å². The number of halogens is 4. The summed E-state index contributed by atoms with van der Waals surface area (Å²) in [5, 5.41) is 4.11. The highest BCUT2D eigenvalue weighted by Gasteiger charge is 2.20. The minimum absolute atomic E-state index is 0.967. The molecule has 2 aromatic rings. The van der Waals surface area contributed by atoms with Gasteiger partial charge in [0.1, 0.15) is 12.8 Å². The largest absolute Gasteiger partial charge is 0.673 e. The van der Waals surface area contributed by atoms with Crippen LogP contribution in [0.5, 0.6) is 0 Å². The van der Waals surface area contributed by atoms with E-state index >= 15 is 0 Å². The Bertz CT molecular complexity index is 468. The molecule has 0 saturated heterocycles. The molecule has 1 aromatic heterocycles. The highest BCUT2D eigenvalue weighted by molar-refractivity contribution is 6.50. The maximum Gasteiger partial charge on any atom is 0.673 e. The number of hydrogen-bond acceptors (Lipinski definition) is 2. The lowest BCUT2D eigenvalue weighted by molar-refractivity contribution is -0.942. The number of hydrogen-bond donors (Lipinski definition) is 0. The van der Waals surface area contributed by atoms with E-state index in [4.69, 9.17) is 4.84 Å². The lowest BCUT2D eigenvalue weighted by atomic mass is 10.3. The van der Waals surface area contributed by atoms with Crippen molar-refractivity contribution in [2.24, 2.45) is 0 Å². The van der Waals surface area contributed by atoms with Gasteiger partial charge in [0.15, 0.2) is 0 Å². The molecule has 1 aromatic carbocycles. The molecule has 0 unspecified atom stereocenters. The monoisotopic (exact) mass is 263 g/mol. The summed E-state index contributed by atoms with van der Waals surface area (Å²) in [5.74, 6) is 0. The Labute approximate surface area is 100 Å². The first-order valence-electron chi connectivity index (χ1n) is 4.85. The second-order valence-electron chi connectivity index (χ2n) is 3.02. The molecular formula is C9H10BF4N3O. The van der Waals surface area contributed by atoms with Crippen LogP contribution in [0.1, 0.15) is 0 Å². The van der Waals surface area contributed by atoms with E-state index in [1.165, 1.54) is 0 Å². The van der Waals surface area contributed by atoms with Crippen LogP contribution in [-0.2, 0) is 0 Å². The zero-order valence-electron chi connectivity index (χ0n) is 9.38. The highest BCUT2D eigenvalue weighted by atomic mass is 19.5. The molecule has 0 radical (unpaired) electrons. The topological polar surface area (TPSA) is 30.9 Å². The third-order valence-electron chi connectivity index (χ3n) is 1.73. The summed E-state index contributed by atoms with van der Waals surface area (Å²) < 4.78 is 39.0. The van der Waals surface area contributed by atoms with E-state index in [-0.39, 0.29) is 0 Å². The fraction of sp³-hybridized carbons (Fsp3) is 0.111. The van der Waals surface area contributed by atoms with Crippen molar-refractivity contribution >= 4 is 7.25 Å². The second-order valence-corrected chi connectivity index (χ2v) is 3.02. The molecule has 0 spiro atoms. The predicted octanol–water partition coefficient (Wildman–Crippen LogP) is 1.52. The summed E-state index contributed by atoms with van der Waals surface area (Å²) in [6.07, 6.45) is 3.42. The Balaban J connectivity index is 0.000000280. The Morgan fingerprint density at radius 3 is 2.22 bits per heavy atom. The molecule has 0 aliphatic rings. The first-order chi connectivity index (χ1) is 8.42. The van der Waals surface area contributed by atoms with E-state index in [1.807, 2.05) is 30.3 Å². The lowest BCUT2D eigenvalue weighted by Gasteiger charge is -1.97. The first-order valence-corrected chi connectivity index (χ1v) is 4.85.